The third kappa shape index (κ3) is 4.26. The smallest absolute Gasteiger partial charge is 0.225 e. The Morgan fingerprint density at radius 3 is 2.91 bits per heavy atom. The number of rotatable bonds is 5. The van der Waals surface area contributed by atoms with Gasteiger partial charge in [0.1, 0.15) is 14.6 Å². The third-order valence-electron chi connectivity index (χ3n) is 6.35. The van der Waals surface area contributed by atoms with Gasteiger partial charge in [0.15, 0.2) is 5.65 Å². The zero-order valence-electron chi connectivity index (χ0n) is 19.3. The van der Waals surface area contributed by atoms with Gasteiger partial charge in [-0.1, -0.05) is 18.3 Å². The number of nitrogens with one attached hydrogen (secondary N) is 2. The second-order valence-electron chi connectivity index (χ2n) is 8.83. The fourth-order valence-electron chi connectivity index (χ4n) is 4.52. The quantitative estimate of drug-likeness (QED) is 0.380. The van der Waals surface area contributed by atoms with Gasteiger partial charge in [0, 0.05) is 30.3 Å². The maximum atomic E-state index is 12.3. The molecule has 1 aromatic carbocycles. The van der Waals surface area contributed by atoms with E-state index >= 15 is 0 Å². The number of halogens is 1. The molecule has 4 aromatic rings. The Hall–Kier alpha value is -3.43. The standard InChI is InChI=1S/C23H22BrN9OS/c1-12-30-31-20(35-12)16-5-4-15(8-13(16)10-25)33-19-17(18(24)32-33)11-27-22(29-19)28-14-6-7-23(2,9-14)21(34)26-3/h4-5,8,11,14H,6-7,9H2,1-3H3,(H,26,34)(H,27,28,29)/t14-,23-/m1/s1. The maximum absolute atomic E-state index is 12.3. The number of fused-ring (bicyclic) bond motifs is 1. The molecular weight excluding hydrogens is 530 g/mol. The summed E-state index contributed by atoms with van der Waals surface area (Å²) in [6.45, 7) is 3.87. The van der Waals surface area contributed by atoms with E-state index in [9.17, 15) is 10.1 Å². The van der Waals surface area contributed by atoms with Crippen LogP contribution in [0.5, 0.6) is 0 Å². The first-order chi connectivity index (χ1) is 16.8. The molecule has 0 bridgehead atoms. The van der Waals surface area contributed by atoms with Crippen molar-refractivity contribution in [2.24, 2.45) is 5.41 Å². The van der Waals surface area contributed by atoms with Crippen LogP contribution in [0.4, 0.5) is 5.95 Å². The summed E-state index contributed by atoms with van der Waals surface area (Å²) in [7, 11) is 1.67. The molecule has 5 rings (SSSR count). The molecule has 178 valence electrons. The molecule has 3 aromatic heterocycles. The van der Waals surface area contributed by atoms with Gasteiger partial charge in [-0.05, 0) is 60.3 Å². The highest BCUT2D eigenvalue weighted by Gasteiger charge is 2.41. The number of carbonyl (C=O) groups excluding carboxylic acids is 1. The van der Waals surface area contributed by atoms with Crippen molar-refractivity contribution in [1.29, 1.82) is 5.26 Å². The summed E-state index contributed by atoms with van der Waals surface area (Å²) in [5.74, 6) is 0.527. The Kier molecular flexibility index (Phi) is 5.98. The molecule has 1 aliphatic carbocycles. The molecule has 0 spiro atoms. The first-order valence-electron chi connectivity index (χ1n) is 11.1. The molecule has 1 aliphatic rings. The van der Waals surface area contributed by atoms with Crippen LogP contribution in [0.1, 0.15) is 36.8 Å². The average Bonchev–Trinajstić information content (AvgIpc) is 3.55. The topological polar surface area (TPSA) is 134 Å². The van der Waals surface area contributed by atoms with Gasteiger partial charge >= 0.3 is 0 Å². The van der Waals surface area contributed by atoms with Crippen LogP contribution in [0.3, 0.4) is 0 Å². The highest BCUT2D eigenvalue weighted by Crippen LogP contribution is 2.39. The van der Waals surface area contributed by atoms with Crippen molar-refractivity contribution >= 4 is 50.2 Å². The van der Waals surface area contributed by atoms with Crippen molar-refractivity contribution in [3.8, 4) is 22.3 Å². The molecule has 10 nitrogen and oxygen atoms in total. The molecule has 2 N–H and O–H groups in total. The lowest BCUT2D eigenvalue weighted by molar-refractivity contribution is -0.129. The summed E-state index contributed by atoms with van der Waals surface area (Å²) >= 11 is 4.94. The lowest BCUT2D eigenvalue weighted by Gasteiger charge is -2.22. The number of hydrogen-bond acceptors (Lipinski definition) is 9. The van der Waals surface area contributed by atoms with Gasteiger partial charge in [0.2, 0.25) is 11.9 Å². The van der Waals surface area contributed by atoms with Crippen molar-refractivity contribution in [1.82, 2.24) is 35.3 Å². The molecule has 35 heavy (non-hydrogen) atoms. The van der Waals surface area contributed by atoms with Crippen LogP contribution >= 0.6 is 27.3 Å². The molecule has 0 unspecified atom stereocenters. The van der Waals surface area contributed by atoms with Gasteiger partial charge in [-0.25, -0.2) is 9.67 Å². The minimum atomic E-state index is -0.401. The van der Waals surface area contributed by atoms with E-state index in [1.165, 1.54) is 11.3 Å². The first kappa shape index (κ1) is 23.3. The maximum Gasteiger partial charge on any atom is 0.225 e. The van der Waals surface area contributed by atoms with Gasteiger partial charge in [-0.2, -0.15) is 15.3 Å². The van der Waals surface area contributed by atoms with Gasteiger partial charge < -0.3 is 10.6 Å². The van der Waals surface area contributed by atoms with Crippen LogP contribution in [0.2, 0.25) is 0 Å². The summed E-state index contributed by atoms with van der Waals surface area (Å²) < 4.78 is 2.29. The van der Waals surface area contributed by atoms with Gasteiger partial charge in [-0.3, -0.25) is 4.79 Å². The van der Waals surface area contributed by atoms with Gasteiger partial charge in [0.25, 0.3) is 0 Å². The molecule has 0 radical (unpaired) electrons. The van der Waals surface area contributed by atoms with Crippen LogP contribution in [-0.4, -0.2) is 48.9 Å². The summed E-state index contributed by atoms with van der Waals surface area (Å²) in [5.41, 5.74) is 2.10. The Morgan fingerprint density at radius 1 is 1.37 bits per heavy atom. The lowest BCUT2D eigenvalue weighted by Crippen LogP contribution is -2.35. The molecule has 0 aliphatic heterocycles. The number of nitrogens with zero attached hydrogens (tertiary/aromatic N) is 7. The average molecular weight is 552 g/mol. The number of nitriles is 1. The number of amides is 1. The minimum absolute atomic E-state index is 0.0561. The number of aromatic nitrogens is 6. The molecule has 3 heterocycles. The summed E-state index contributed by atoms with van der Waals surface area (Å²) in [6, 6.07) is 7.86. The molecule has 1 saturated carbocycles. The Labute approximate surface area is 213 Å². The van der Waals surface area contributed by atoms with Crippen molar-refractivity contribution in [2.45, 2.75) is 39.2 Å². The van der Waals surface area contributed by atoms with E-state index in [0.29, 0.717) is 38.9 Å². The minimum Gasteiger partial charge on any atom is -0.359 e. The number of benzene rings is 1. The van der Waals surface area contributed by atoms with Crippen LogP contribution in [0.25, 0.3) is 27.3 Å². The normalized spacial score (nSPS) is 19.6. The molecule has 12 heteroatoms. The zero-order chi connectivity index (χ0) is 24.7. The fourth-order valence-corrected chi connectivity index (χ4v) is 5.69. The Morgan fingerprint density at radius 2 is 2.20 bits per heavy atom. The van der Waals surface area contributed by atoms with Crippen molar-refractivity contribution in [2.75, 3.05) is 12.4 Å². The highest BCUT2D eigenvalue weighted by atomic mass is 79.9. The largest absolute Gasteiger partial charge is 0.359 e. The van der Waals surface area contributed by atoms with Crippen molar-refractivity contribution < 1.29 is 4.79 Å². The fraction of sp³-hybridized carbons (Fsp3) is 0.348. The van der Waals surface area contributed by atoms with E-state index in [0.717, 1.165) is 28.8 Å². The van der Waals surface area contributed by atoms with Crippen LogP contribution in [0.15, 0.2) is 29.0 Å². The lowest BCUT2D eigenvalue weighted by atomic mass is 9.87. The van der Waals surface area contributed by atoms with E-state index in [2.05, 4.69) is 52.9 Å². The van der Waals surface area contributed by atoms with Gasteiger partial charge in [0.05, 0.1) is 22.7 Å². The SMILES string of the molecule is CNC(=O)[C@]1(C)CC[C@@H](Nc2ncc3c(Br)nn(-c4ccc(-c5nnc(C)s5)c(C#N)c4)c3n2)C1. The predicted octanol–water partition coefficient (Wildman–Crippen LogP) is 3.99. The molecule has 1 fully saturated rings. The van der Waals surface area contributed by atoms with Crippen molar-refractivity contribution in [3.05, 3.63) is 39.6 Å². The molecule has 2 atom stereocenters. The van der Waals surface area contributed by atoms with Crippen LogP contribution < -0.4 is 10.6 Å². The van der Waals surface area contributed by atoms with Crippen molar-refractivity contribution in [3.63, 3.8) is 0 Å². The Bertz CT molecular complexity index is 1490. The Balaban J connectivity index is 1.47. The molecular formula is C23H22BrN9OS. The number of aryl methyl sites for hydroxylation is 1. The third-order valence-corrected chi connectivity index (χ3v) is 7.81. The van der Waals surface area contributed by atoms with Gasteiger partial charge in [-0.15, -0.1) is 10.2 Å². The second-order valence-corrected chi connectivity index (χ2v) is 10.8. The predicted molar refractivity (Wildman–Crippen MR) is 136 cm³/mol. The number of anilines is 1. The van der Waals surface area contributed by atoms with E-state index in [4.69, 9.17) is 4.98 Å². The highest BCUT2D eigenvalue weighted by molar-refractivity contribution is 9.10. The molecule has 0 saturated heterocycles. The number of hydrogen-bond donors (Lipinski definition) is 2. The monoisotopic (exact) mass is 551 g/mol. The summed E-state index contributed by atoms with van der Waals surface area (Å²) in [6.07, 6.45) is 4.07. The van der Waals surface area contributed by atoms with E-state index < -0.39 is 5.41 Å². The van der Waals surface area contributed by atoms with Crippen LogP contribution in [0, 0.1) is 23.7 Å². The number of carbonyl (C=O) groups is 1. The second kappa shape index (κ2) is 8.98. The zero-order valence-corrected chi connectivity index (χ0v) is 21.7. The van der Waals surface area contributed by atoms with E-state index in [1.807, 2.05) is 26.0 Å². The summed E-state index contributed by atoms with van der Waals surface area (Å²) in [5, 5.41) is 31.0. The molecule has 1 amide bonds. The summed E-state index contributed by atoms with van der Waals surface area (Å²) in [4.78, 5) is 21.5. The van der Waals surface area contributed by atoms with Crippen LogP contribution in [-0.2, 0) is 4.79 Å². The van der Waals surface area contributed by atoms with E-state index in [1.54, 1.807) is 24.0 Å². The van der Waals surface area contributed by atoms with E-state index in [-0.39, 0.29) is 11.9 Å². The first-order valence-corrected chi connectivity index (χ1v) is 12.7.